The summed E-state index contributed by atoms with van der Waals surface area (Å²) in [6, 6.07) is 11.7. The van der Waals surface area contributed by atoms with Crippen molar-refractivity contribution in [1.29, 1.82) is 0 Å². The SMILES string of the molecule is C1O[C@H]2CNC1C2.Cl.Nc1ccc(N2C[C@H]3CC2CO3)cn1.O=[N+]([O-])c1ccc(Br)cn1.O=[N+]([O-])c1ccc(N2C[C@H]3CC2CO3)cn1. The molecule has 0 aliphatic carbocycles. The average Bonchev–Trinajstić information content (AvgIpc) is 3.95. The van der Waals surface area contributed by atoms with E-state index in [4.69, 9.17) is 19.9 Å². The lowest BCUT2D eigenvalue weighted by Crippen LogP contribution is -2.36. The van der Waals surface area contributed by atoms with Crippen molar-refractivity contribution in [3.05, 3.63) is 79.7 Å². The predicted molar refractivity (Wildman–Crippen MR) is 183 cm³/mol. The monoisotopic (exact) mass is 749 g/mol. The zero-order valence-corrected chi connectivity index (χ0v) is 28.3. The second kappa shape index (κ2) is 16.1. The maximum Gasteiger partial charge on any atom is 0.363 e. The van der Waals surface area contributed by atoms with E-state index in [1.807, 2.05) is 18.3 Å². The van der Waals surface area contributed by atoms with Crippen molar-refractivity contribution in [1.82, 2.24) is 20.3 Å². The van der Waals surface area contributed by atoms with Gasteiger partial charge in [-0.2, -0.15) is 0 Å². The van der Waals surface area contributed by atoms with Crippen LogP contribution in [0.3, 0.4) is 0 Å². The summed E-state index contributed by atoms with van der Waals surface area (Å²) in [4.78, 5) is 35.5. The van der Waals surface area contributed by atoms with Crippen LogP contribution in [0.2, 0.25) is 0 Å². The summed E-state index contributed by atoms with van der Waals surface area (Å²) >= 11 is 3.11. The van der Waals surface area contributed by atoms with E-state index >= 15 is 0 Å². The molecule has 0 aromatic carbocycles. The smallest absolute Gasteiger partial charge is 0.363 e. The first kappa shape index (κ1) is 35.6. The summed E-state index contributed by atoms with van der Waals surface area (Å²) in [5, 5.41) is 23.8. The zero-order valence-electron chi connectivity index (χ0n) is 25.9. The minimum atomic E-state index is -0.535. The number of nitro groups is 2. The molecule has 0 amide bonds. The summed E-state index contributed by atoms with van der Waals surface area (Å²) in [6.07, 6.45) is 9.57. The fraction of sp³-hybridized carbons (Fsp3) is 0.500. The summed E-state index contributed by atoms with van der Waals surface area (Å²) in [7, 11) is 0. The fourth-order valence-corrected chi connectivity index (χ4v) is 6.65. The maximum absolute atomic E-state index is 10.5. The number of aromatic nitrogens is 3. The Labute approximate surface area is 291 Å². The number of morpholine rings is 3. The second-order valence-electron chi connectivity index (χ2n) is 12.0. The van der Waals surface area contributed by atoms with E-state index in [1.165, 1.54) is 24.8 Å². The van der Waals surface area contributed by atoms with Crippen LogP contribution in [0.5, 0.6) is 0 Å². The molecular formula is C30H37BrClN9O7. The number of nitrogens with zero attached hydrogens (tertiary/aromatic N) is 7. The number of hydrogen-bond donors (Lipinski definition) is 2. The molecule has 6 bridgehead atoms. The maximum atomic E-state index is 10.5. The first-order valence-electron chi connectivity index (χ1n) is 15.4. The van der Waals surface area contributed by atoms with E-state index in [9.17, 15) is 20.2 Å². The van der Waals surface area contributed by atoms with Gasteiger partial charge in [0, 0.05) is 37.8 Å². The Bertz CT molecular complexity index is 1510. The van der Waals surface area contributed by atoms with Crippen molar-refractivity contribution in [2.75, 3.05) is 55.0 Å². The Kier molecular flexibility index (Phi) is 11.9. The molecule has 0 spiro atoms. The van der Waals surface area contributed by atoms with Crippen LogP contribution in [-0.4, -0.2) is 101 Å². The van der Waals surface area contributed by atoms with Gasteiger partial charge in [0.05, 0.1) is 72.3 Å². The van der Waals surface area contributed by atoms with Crippen molar-refractivity contribution in [2.45, 2.75) is 55.7 Å². The Morgan fingerprint density at radius 1 is 0.750 bits per heavy atom. The molecule has 6 saturated heterocycles. The number of nitrogen functional groups attached to an aromatic ring is 1. The summed E-state index contributed by atoms with van der Waals surface area (Å²) in [5.74, 6) is 0.335. The summed E-state index contributed by atoms with van der Waals surface area (Å²) in [6.45, 7) is 5.51. The van der Waals surface area contributed by atoms with E-state index in [-0.39, 0.29) is 24.0 Å². The Morgan fingerprint density at radius 2 is 1.29 bits per heavy atom. The quantitative estimate of drug-likeness (QED) is 0.290. The Balaban J connectivity index is 0.000000129. The highest BCUT2D eigenvalue weighted by Gasteiger charge is 2.40. The molecule has 6 atom stereocenters. The highest BCUT2D eigenvalue weighted by Crippen LogP contribution is 2.33. The van der Waals surface area contributed by atoms with Crippen LogP contribution in [0.15, 0.2) is 59.5 Å². The third-order valence-corrected chi connectivity index (χ3v) is 9.24. The first-order chi connectivity index (χ1) is 22.7. The molecule has 16 nitrogen and oxygen atoms in total. The molecule has 3 aromatic rings. The number of nitrogens with one attached hydrogen (secondary N) is 1. The largest absolute Gasteiger partial charge is 0.384 e. The fourth-order valence-electron chi connectivity index (χ4n) is 6.42. The van der Waals surface area contributed by atoms with Crippen LogP contribution in [0.25, 0.3) is 0 Å². The van der Waals surface area contributed by atoms with Gasteiger partial charge in [-0.15, -0.1) is 12.4 Å². The second-order valence-corrected chi connectivity index (χ2v) is 12.9. The molecule has 48 heavy (non-hydrogen) atoms. The van der Waals surface area contributed by atoms with Crippen LogP contribution < -0.4 is 20.9 Å². The number of fused-ring (bicyclic) bond motifs is 6. The molecular weight excluding hydrogens is 714 g/mol. The van der Waals surface area contributed by atoms with Crippen LogP contribution in [0, 0.1) is 20.2 Å². The normalized spacial score (nSPS) is 26.8. The predicted octanol–water partition coefficient (Wildman–Crippen LogP) is 3.53. The van der Waals surface area contributed by atoms with Gasteiger partial charge in [0.15, 0.2) is 12.4 Å². The molecule has 9 heterocycles. The van der Waals surface area contributed by atoms with E-state index in [0.717, 1.165) is 68.1 Å². The van der Waals surface area contributed by atoms with Crippen molar-refractivity contribution in [3.63, 3.8) is 0 Å². The summed E-state index contributed by atoms with van der Waals surface area (Å²) in [5.41, 5.74) is 7.65. The third-order valence-electron chi connectivity index (χ3n) is 8.77. The van der Waals surface area contributed by atoms with Gasteiger partial charge >= 0.3 is 11.6 Å². The highest BCUT2D eigenvalue weighted by atomic mass is 79.9. The van der Waals surface area contributed by atoms with Crippen LogP contribution in [-0.2, 0) is 14.2 Å². The van der Waals surface area contributed by atoms with Gasteiger partial charge in [-0.25, -0.2) is 4.98 Å². The molecule has 6 fully saturated rings. The van der Waals surface area contributed by atoms with Gasteiger partial charge in [0.25, 0.3) is 0 Å². The van der Waals surface area contributed by atoms with E-state index in [1.54, 1.807) is 18.3 Å². The lowest BCUT2D eigenvalue weighted by atomic mass is 10.2. The number of rotatable bonds is 4. The molecule has 0 radical (unpaired) electrons. The number of anilines is 3. The molecule has 0 saturated carbocycles. The Hall–Kier alpha value is -3.74. The molecule has 3 aromatic heterocycles. The minimum Gasteiger partial charge on any atom is -0.384 e. The van der Waals surface area contributed by atoms with Crippen molar-refractivity contribution >= 4 is 57.2 Å². The number of pyridine rings is 3. The van der Waals surface area contributed by atoms with E-state index < -0.39 is 9.85 Å². The lowest BCUT2D eigenvalue weighted by Gasteiger charge is -2.28. The highest BCUT2D eigenvalue weighted by molar-refractivity contribution is 9.10. The molecule has 258 valence electrons. The first-order valence-corrected chi connectivity index (χ1v) is 16.2. The minimum absolute atomic E-state index is 0. The van der Waals surface area contributed by atoms with Crippen molar-refractivity contribution in [3.8, 4) is 0 Å². The van der Waals surface area contributed by atoms with Gasteiger partial charge in [-0.3, -0.25) is 0 Å². The van der Waals surface area contributed by atoms with Crippen molar-refractivity contribution in [2.24, 2.45) is 0 Å². The van der Waals surface area contributed by atoms with Gasteiger partial charge in [0.1, 0.15) is 5.82 Å². The molecule has 6 aliphatic heterocycles. The zero-order chi connectivity index (χ0) is 32.9. The van der Waals surface area contributed by atoms with Crippen LogP contribution >= 0.6 is 28.3 Å². The molecule has 3 unspecified atom stereocenters. The third kappa shape index (κ3) is 8.83. The molecule has 6 aliphatic rings. The number of nitrogens with two attached hydrogens (primary N) is 1. The van der Waals surface area contributed by atoms with Crippen LogP contribution in [0.1, 0.15) is 19.3 Å². The van der Waals surface area contributed by atoms with E-state index in [2.05, 4.69) is 46.0 Å². The van der Waals surface area contributed by atoms with Crippen molar-refractivity contribution < 1.29 is 24.1 Å². The van der Waals surface area contributed by atoms with Gasteiger partial charge < -0.3 is 55.3 Å². The van der Waals surface area contributed by atoms with E-state index in [0.29, 0.717) is 42.3 Å². The number of ether oxygens (including phenoxy) is 3. The van der Waals surface area contributed by atoms with Crippen LogP contribution in [0.4, 0.5) is 28.8 Å². The summed E-state index contributed by atoms with van der Waals surface area (Å²) < 4.78 is 17.1. The number of hydrogen-bond acceptors (Lipinski definition) is 14. The van der Waals surface area contributed by atoms with Gasteiger partial charge in [0.2, 0.25) is 0 Å². The lowest BCUT2D eigenvalue weighted by molar-refractivity contribution is -0.389. The Morgan fingerprint density at radius 3 is 1.60 bits per heavy atom. The molecule has 18 heteroatoms. The molecule has 3 N–H and O–H groups in total. The van der Waals surface area contributed by atoms with Gasteiger partial charge in [-0.05, 0) is 79.3 Å². The average molecular weight is 751 g/mol. The van der Waals surface area contributed by atoms with Gasteiger partial charge in [-0.1, -0.05) is 0 Å². The standard InChI is InChI=1S/C10H11N3O3.C10H13N3O.C5H3BrN2O2.C5H9NO.ClH/c14-13(15)10-2-1-7(4-11-10)12-5-9-3-8(12)6-16-9;11-10-2-1-7(4-12-10)13-5-9-3-8(13)6-14-9;6-4-1-2-5(7-3-4)8(9)10;1-4-3-7-5(1)2-6-4;/h1-2,4,8-9H,3,5-6H2;1-2,4,8-9H,3,5-6H2,(H2,11,12);1-3H;4-6H,1-3H2;1H/t2*8?,9-;;4?,5-;/m11.1./s1. The number of halogens is 2. The topological polar surface area (TPSA) is 197 Å². The molecule has 9 rings (SSSR count).